The van der Waals surface area contributed by atoms with E-state index >= 15 is 0 Å². The highest BCUT2D eigenvalue weighted by atomic mass is 16.4. The summed E-state index contributed by atoms with van der Waals surface area (Å²) >= 11 is 0. The van der Waals surface area contributed by atoms with Gasteiger partial charge in [-0.1, -0.05) is 11.2 Å². The maximum absolute atomic E-state index is 12.6. The van der Waals surface area contributed by atoms with Crippen LogP contribution in [0.1, 0.15) is 32.6 Å². The first-order valence-electron chi connectivity index (χ1n) is 8.46. The lowest BCUT2D eigenvalue weighted by atomic mass is 9.93. The number of carbonyl (C=O) groups excluding carboxylic acids is 1. The molecule has 0 radical (unpaired) electrons. The molecule has 2 aliphatic rings. The van der Waals surface area contributed by atoms with E-state index in [-0.39, 0.29) is 11.9 Å². The highest BCUT2D eigenvalue weighted by Gasteiger charge is 2.45. The Kier molecular flexibility index (Phi) is 3.70. The summed E-state index contributed by atoms with van der Waals surface area (Å²) in [4.78, 5) is 18.7. The molecule has 0 aromatic carbocycles. The third kappa shape index (κ3) is 2.98. The Morgan fingerprint density at radius 3 is 2.71 bits per heavy atom. The second kappa shape index (κ2) is 5.89. The lowest BCUT2D eigenvalue weighted by molar-refractivity contribution is -0.133. The minimum absolute atomic E-state index is 0.0862. The van der Waals surface area contributed by atoms with Gasteiger partial charge in [0.25, 0.3) is 5.89 Å². The van der Waals surface area contributed by atoms with Crippen LogP contribution in [0.15, 0.2) is 28.8 Å². The summed E-state index contributed by atoms with van der Waals surface area (Å²) in [6.45, 7) is 3.54. The van der Waals surface area contributed by atoms with Crippen molar-refractivity contribution in [2.24, 2.45) is 5.41 Å². The number of anilines is 1. The number of piperidine rings is 1. The van der Waals surface area contributed by atoms with E-state index in [4.69, 9.17) is 4.42 Å². The summed E-state index contributed by atoms with van der Waals surface area (Å²) in [5.74, 6) is 0.425. The molecule has 1 N–H and O–H groups in total. The molecule has 2 fully saturated rings. The van der Waals surface area contributed by atoms with E-state index < -0.39 is 6.04 Å². The molecule has 4 rings (SSSR count). The number of hydrogen-bond acceptors (Lipinski definition) is 6. The zero-order chi connectivity index (χ0) is 16.6. The predicted molar refractivity (Wildman–Crippen MR) is 88.1 cm³/mol. The molecule has 2 aromatic heterocycles. The third-order valence-electron chi connectivity index (χ3n) is 5.11. The van der Waals surface area contributed by atoms with Crippen LogP contribution in [0.3, 0.4) is 0 Å². The van der Waals surface area contributed by atoms with E-state index in [0.717, 1.165) is 25.9 Å². The van der Waals surface area contributed by atoms with Crippen LogP contribution in [0.5, 0.6) is 0 Å². The van der Waals surface area contributed by atoms with Crippen molar-refractivity contribution in [1.29, 1.82) is 0 Å². The molecule has 126 valence electrons. The zero-order valence-corrected chi connectivity index (χ0v) is 13.7. The first-order valence-corrected chi connectivity index (χ1v) is 8.46. The van der Waals surface area contributed by atoms with Gasteiger partial charge in [-0.2, -0.15) is 0 Å². The molecular formula is C17H21N5O2. The molecule has 0 bridgehead atoms. The minimum atomic E-state index is -0.393. The van der Waals surface area contributed by atoms with Crippen molar-refractivity contribution in [2.75, 3.05) is 18.4 Å². The number of aromatic nitrogens is 3. The molecule has 1 spiro atoms. The van der Waals surface area contributed by atoms with Crippen molar-refractivity contribution in [3.8, 4) is 11.6 Å². The first kappa shape index (κ1) is 15.1. The molecule has 1 atom stereocenters. The number of pyridine rings is 1. The Morgan fingerprint density at radius 1 is 1.25 bits per heavy atom. The SMILES string of the molecule is C[C@@H](Nc1nnc(-c2ccccn2)o1)C(=O)N1CCC2(CC1)CC2. The summed E-state index contributed by atoms with van der Waals surface area (Å²) < 4.78 is 5.55. The maximum Gasteiger partial charge on any atom is 0.316 e. The second-order valence-electron chi connectivity index (χ2n) is 6.82. The van der Waals surface area contributed by atoms with Crippen LogP contribution in [-0.2, 0) is 4.79 Å². The number of rotatable bonds is 4. The average Bonchev–Trinajstić information content (AvgIpc) is 3.20. The second-order valence-corrected chi connectivity index (χ2v) is 6.82. The third-order valence-corrected chi connectivity index (χ3v) is 5.11. The normalized spacial score (nSPS) is 20.0. The Labute approximate surface area is 140 Å². The fraction of sp³-hybridized carbons (Fsp3) is 0.529. The molecule has 7 nitrogen and oxygen atoms in total. The van der Waals surface area contributed by atoms with Crippen molar-refractivity contribution in [1.82, 2.24) is 20.1 Å². The molecule has 1 saturated carbocycles. The van der Waals surface area contributed by atoms with E-state index in [2.05, 4.69) is 20.5 Å². The summed E-state index contributed by atoms with van der Waals surface area (Å²) in [6.07, 6.45) is 6.61. The Balaban J connectivity index is 1.36. The van der Waals surface area contributed by atoms with Gasteiger partial charge in [0.15, 0.2) is 0 Å². The maximum atomic E-state index is 12.6. The molecule has 0 unspecified atom stereocenters. The van der Waals surface area contributed by atoms with Crippen molar-refractivity contribution < 1.29 is 9.21 Å². The van der Waals surface area contributed by atoms with Gasteiger partial charge in [-0.15, -0.1) is 5.10 Å². The van der Waals surface area contributed by atoms with Crippen molar-refractivity contribution in [2.45, 2.75) is 38.6 Å². The van der Waals surface area contributed by atoms with Crippen LogP contribution in [0.4, 0.5) is 6.01 Å². The molecule has 2 aromatic rings. The number of nitrogens with one attached hydrogen (secondary N) is 1. The monoisotopic (exact) mass is 327 g/mol. The van der Waals surface area contributed by atoms with E-state index in [1.807, 2.05) is 24.0 Å². The number of amides is 1. The van der Waals surface area contributed by atoms with Crippen LogP contribution in [0, 0.1) is 5.41 Å². The average molecular weight is 327 g/mol. The van der Waals surface area contributed by atoms with Gasteiger partial charge in [-0.25, -0.2) is 0 Å². The number of nitrogens with zero attached hydrogens (tertiary/aromatic N) is 4. The molecule has 7 heteroatoms. The zero-order valence-electron chi connectivity index (χ0n) is 13.7. The fourth-order valence-electron chi connectivity index (χ4n) is 3.27. The Hall–Kier alpha value is -2.44. The standard InChI is InChI=1S/C17H21N5O2/c1-12(15(23)22-10-7-17(5-6-17)8-11-22)19-16-21-20-14(24-16)13-4-2-3-9-18-13/h2-4,9,12H,5-8,10-11H2,1H3,(H,19,21)/t12-/m1/s1. The van der Waals surface area contributed by atoms with E-state index in [1.165, 1.54) is 12.8 Å². The fourth-order valence-corrected chi connectivity index (χ4v) is 3.27. The largest absolute Gasteiger partial charge is 0.402 e. The van der Waals surface area contributed by atoms with E-state index in [0.29, 0.717) is 17.0 Å². The molecule has 1 amide bonds. The van der Waals surface area contributed by atoms with Crippen LogP contribution >= 0.6 is 0 Å². The smallest absolute Gasteiger partial charge is 0.316 e. The molecular weight excluding hydrogens is 306 g/mol. The molecule has 1 aliphatic heterocycles. The topological polar surface area (TPSA) is 84.1 Å². The van der Waals surface area contributed by atoms with Crippen molar-refractivity contribution >= 4 is 11.9 Å². The van der Waals surface area contributed by atoms with Crippen LogP contribution in [0.25, 0.3) is 11.6 Å². The predicted octanol–water partition coefficient (Wildman–Crippen LogP) is 2.33. The summed E-state index contributed by atoms with van der Waals surface area (Å²) in [5, 5.41) is 10.9. The summed E-state index contributed by atoms with van der Waals surface area (Å²) in [5.41, 5.74) is 1.18. The summed E-state index contributed by atoms with van der Waals surface area (Å²) in [7, 11) is 0. The highest BCUT2D eigenvalue weighted by Crippen LogP contribution is 2.53. The van der Waals surface area contributed by atoms with Gasteiger partial charge in [0.05, 0.1) is 0 Å². The van der Waals surface area contributed by atoms with Gasteiger partial charge >= 0.3 is 6.01 Å². The Bertz CT molecular complexity index is 716. The van der Waals surface area contributed by atoms with E-state index in [1.54, 1.807) is 12.3 Å². The lowest BCUT2D eigenvalue weighted by Gasteiger charge is -2.33. The van der Waals surface area contributed by atoms with Gasteiger partial charge in [0.1, 0.15) is 11.7 Å². The Morgan fingerprint density at radius 2 is 2.04 bits per heavy atom. The molecule has 3 heterocycles. The van der Waals surface area contributed by atoms with E-state index in [9.17, 15) is 4.79 Å². The van der Waals surface area contributed by atoms with Gasteiger partial charge in [-0.05, 0) is 50.2 Å². The first-order chi connectivity index (χ1) is 11.7. The molecule has 1 saturated heterocycles. The van der Waals surface area contributed by atoms with Gasteiger partial charge in [0, 0.05) is 19.3 Å². The number of hydrogen-bond donors (Lipinski definition) is 1. The highest BCUT2D eigenvalue weighted by molar-refractivity contribution is 5.83. The quantitative estimate of drug-likeness (QED) is 0.928. The van der Waals surface area contributed by atoms with Gasteiger partial charge < -0.3 is 14.6 Å². The summed E-state index contributed by atoms with van der Waals surface area (Å²) in [6, 6.07) is 5.33. The number of carbonyl (C=O) groups is 1. The minimum Gasteiger partial charge on any atom is -0.402 e. The van der Waals surface area contributed by atoms with Crippen molar-refractivity contribution in [3.05, 3.63) is 24.4 Å². The van der Waals surface area contributed by atoms with Gasteiger partial charge in [0.2, 0.25) is 5.91 Å². The molecule has 1 aliphatic carbocycles. The van der Waals surface area contributed by atoms with Crippen LogP contribution in [-0.4, -0.2) is 45.1 Å². The molecule has 24 heavy (non-hydrogen) atoms. The lowest BCUT2D eigenvalue weighted by Crippen LogP contribution is -2.45. The van der Waals surface area contributed by atoms with Crippen LogP contribution < -0.4 is 5.32 Å². The van der Waals surface area contributed by atoms with Gasteiger partial charge in [-0.3, -0.25) is 9.78 Å². The number of likely N-dealkylation sites (tertiary alicyclic amines) is 1. The van der Waals surface area contributed by atoms with Crippen molar-refractivity contribution in [3.63, 3.8) is 0 Å². The van der Waals surface area contributed by atoms with Crippen LogP contribution in [0.2, 0.25) is 0 Å².